The molecular weight excluding hydrogens is 116 g/mol. The van der Waals surface area contributed by atoms with Crippen molar-refractivity contribution in [2.24, 2.45) is 7.05 Å². The Bertz CT molecular complexity index is 205. The van der Waals surface area contributed by atoms with Gasteiger partial charge in [-0.2, -0.15) is 4.98 Å². The summed E-state index contributed by atoms with van der Waals surface area (Å²) in [6, 6.07) is 0. The van der Waals surface area contributed by atoms with E-state index in [2.05, 4.69) is 4.98 Å². The van der Waals surface area contributed by atoms with Gasteiger partial charge in [0.2, 0.25) is 5.88 Å². The Morgan fingerprint density at radius 1 is 1.78 bits per heavy atom. The van der Waals surface area contributed by atoms with Gasteiger partial charge in [0, 0.05) is 13.5 Å². The van der Waals surface area contributed by atoms with E-state index >= 15 is 0 Å². The fraction of sp³-hybridized carbons (Fsp3) is 0.500. The molecule has 0 aliphatic carbocycles. The maximum Gasteiger partial charge on any atom is 0.229 e. The standard InChI is InChI=1S/C6H10N2O/c1-3-5-7-6(9)4-8(5)2/h4,9H,3H2,1-2H3. The molecule has 1 aromatic rings. The molecule has 3 nitrogen and oxygen atoms in total. The number of nitrogens with zero attached hydrogens (tertiary/aromatic N) is 2. The highest BCUT2D eigenvalue weighted by atomic mass is 16.3. The molecule has 50 valence electrons. The predicted octanol–water partition coefficient (Wildman–Crippen LogP) is 0.688. The molecule has 1 heterocycles. The molecule has 0 radical (unpaired) electrons. The van der Waals surface area contributed by atoms with Gasteiger partial charge in [0.15, 0.2) is 0 Å². The molecule has 0 aromatic carbocycles. The SMILES string of the molecule is CCc1nc(O)cn1C. The Kier molecular flexibility index (Phi) is 1.42. The smallest absolute Gasteiger partial charge is 0.229 e. The Labute approximate surface area is 54.0 Å². The molecule has 0 aliphatic rings. The molecule has 0 amide bonds. The summed E-state index contributed by atoms with van der Waals surface area (Å²) in [5, 5.41) is 8.83. The minimum Gasteiger partial charge on any atom is -0.492 e. The number of hydrogen-bond donors (Lipinski definition) is 1. The van der Waals surface area contributed by atoms with E-state index in [0.717, 1.165) is 12.2 Å². The van der Waals surface area contributed by atoms with Crippen molar-refractivity contribution in [3.05, 3.63) is 12.0 Å². The second-order valence-electron chi connectivity index (χ2n) is 1.98. The van der Waals surface area contributed by atoms with E-state index in [0.29, 0.717) is 0 Å². The third-order valence-corrected chi connectivity index (χ3v) is 1.28. The lowest BCUT2D eigenvalue weighted by Crippen LogP contribution is -1.93. The summed E-state index contributed by atoms with van der Waals surface area (Å²) >= 11 is 0. The Morgan fingerprint density at radius 2 is 2.44 bits per heavy atom. The fourth-order valence-corrected chi connectivity index (χ4v) is 0.816. The van der Waals surface area contributed by atoms with Crippen LogP contribution in [0.1, 0.15) is 12.7 Å². The maximum atomic E-state index is 8.83. The number of aromatic hydroxyl groups is 1. The zero-order valence-corrected chi connectivity index (χ0v) is 5.63. The lowest BCUT2D eigenvalue weighted by Gasteiger charge is -1.92. The predicted molar refractivity (Wildman–Crippen MR) is 34.3 cm³/mol. The Balaban J connectivity index is 3.01. The van der Waals surface area contributed by atoms with E-state index in [4.69, 9.17) is 5.11 Å². The van der Waals surface area contributed by atoms with Crippen LogP contribution in [0.2, 0.25) is 0 Å². The first kappa shape index (κ1) is 6.13. The van der Waals surface area contributed by atoms with Crippen LogP contribution in [0.5, 0.6) is 5.88 Å². The van der Waals surface area contributed by atoms with E-state index in [1.165, 1.54) is 0 Å². The molecule has 1 N–H and O–H groups in total. The summed E-state index contributed by atoms with van der Waals surface area (Å²) < 4.78 is 1.81. The molecule has 0 unspecified atom stereocenters. The monoisotopic (exact) mass is 126 g/mol. The number of aryl methyl sites for hydroxylation is 2. The molecule has 1 aromatic heterocycles. The van der Waals surface area contributed by atoms with Crippen LogP contribution in [0.3, 0.4) is 0 Å². The molecule has 0 fully saturated rings. The van der Waals surface area contributed by atoms with Gasteiger partial charge in [-0.25, -0.2) is 0 Å². The summed E-state index contributed by atoms with van der Waals surface area (Å²) in [7, 11) is 1.87. The van der Waals surface area contributed by atoms with Gasteiger partial charge < -0.3 is 9.67 Å². The van der Waals surface area contributed by atoms with Gasteiger partial charge >= 0.3 is 0 Å². The first-order valence-electron chi connectivity index (χ1n) is 2.95. The van der Waals surface area contributed by atoms with Crippen molar-refractivity contribution in [2.45, 2.75) is 13.3 Å². The van der Waals surface area contributed by atoms with Gasteiger partial charge in [-0.1, -0.05) is 6.92 Å². The molecule has 3 heteroatoms. The second-order valence-corrected chi connectivity index (χ2v) is 1.98. The van der Waals surface area contributed by atoms with Crippen LogP contribution in [-0.4, -0.2) is 14.7 Å². The van der Waals surface area contributed by atoms with Crippen LogP contribution < -0.4 is 0 Å². The summed E-state index contributed by atoms with van der Waals surface area (Å²) in [6.07, 6.45) is 2.45. The largest absolute Gasteiger partial charge is 0.492 e. The van der Waals surface area contributed by atoms with E-state index in [1.807, 2.05) is 18.5 Å². The Morgan fingerprint density at radius 3 is 2.67 bits per heavy atom. The molecule has 0 saturated carbocycles. The van der Waals surface area contributed by atoms with E-state index in [9.17, 15) is 0 Å². The molecule has 0 spiro atoms. The highest BCUT2D eigenvalue weighted by molar-refractivity contribution is 5.06. The number of rotatable bonds is 1. The first-order chi connectivity index (χ1) is 4.24. The third-order valence-electron chi connectivity index (χ3n) is 1.28. The second kappa shape index (κ2) is 2.09. The third kappa shape index (κ3) is 1.04. The van der Waals surface area contributed by atoms with Crippen LogP contribution in [-0.2, 0) is 13.5 Å². The molecule has 0 saturated heterocycles. The zero-order chi connectivity index (χ0) is 6.85. The lowest BCUT2D eigenvalue weighted by molar-refractivity contribution is 0.455. The van der Waals surface area contributed by atoms with Crippen LogP contribution >= 0.6 is 0 Å². The van der Waals surface area contributed by atoms with Crippen molar-refractivity contribution in [2.75, 3.05) is 0 Å². The van der Waals surface area contributed by atoms with Gasteiger partial charge in [0.25, 0.3) is 0 Å². The average Bonchev–Trinajstić information content (AvgIpc) is 2.10. The highest BCUT2D eigenvalue weighted by Gasteiger charge is 1.98. The number of hydrogen-bond acceptors (Lipinski definition) is 2. The molecule has 0 atom stereocenters. The van der Waals surface area contributed by atoms with E-state index in [1.54, 1.807) is 6.20 Å². The van der Waals surface area contributed by atoms with Crippen molar-refractivity contribution in [3.8, 4) is 5.88 Å². The van der Waals surface area contributed by atoms with Crippen molar-refractivity contribution in [1.82, 2.24) is 9.55 Å². The van der Waals surface area contributed by atoms with Crippen molar-refractivity contribution in [3.63, 3.8) is 0 Å². The minimum atomic E-state index is 0.106. The lowest BCUT2D eigenvalue weighted by atomic mass is 10.5. The van der Waals surface area contributed by atoms with Crippen molar-refractivity contribution >= 4 is 0 Å². The first-order valence-corrected chi connectivity index (χ1v) is 2.95. The van der Waals surface area contributed by atoms with Crippen LogP contribution in [0.4, 0.5) is 0 Å². The van der Waals surface area contributed by atoms with Gasteiger partial charge in [0.1, 0.15) is 5.82 Å². The summed E-state index contributed by atoms with van der Waals surface area (Å²) in [4.78, 5) is 3.85. The van der Waals surface area contributed by atoms with Crippen molar-refractivity contribution in [1.29, 1.82) is 0 Å². The topological polar surface area (TPSA) is 38.1 Å². The molecular formula is C6H10N2O. The highest BCUT2D eigenvalue weighted by Crippen LogP contribution is 2.06. The van der Waals surface area contributed by atoms with E-state index < -0.39 is 0 Å². The fourth-order valence-electron chi connectivity index (χ4n) is 0.816. The molecule has 0 bridgehead atoms. The van der Waals surface area contributed by atoms with Gasteiger partial charge in [-0.3, -0.25) is 0 Å². The molecule has 9 heavy (non-hydrogen) atoms. The summed E-state index contributed by atoms with van der Waals surface area (Å²) in [5.41, 5.74) is 0. The quantitative estimate of drug-likeness (QED) is 0.601. The Hall–Kier alpha value is -0.990. The minimum absolute atomic E-state index is 0.106. The van der Waals surface area contributed by atoms with Crippen LogP contribution in [0.15, 0.2) is 6.20 Å². The molecule has 1 rings (SSSR count). The van der Waals surface area contributed by atoms with Crippen LogP contribution in [0.25, 0.3) is 0 Å². The average molecular weight is 126 g/mol. The zero-order valence-electron chi connectivity index (χ0n) is 5.63. The van der Waals surface area contributed by atoms with Crippen LogP contribution in [0, 0.1) is 0 Å². The van der Waals surface area contributed by atoms with E-state index in [-0.39, 0.29) is 5.88 Å². The summed E-state index contributed by atoms with van der Waals surface area (Å²) in [6.45, 7) is 2.00. The van der Waals surface area contributed by atoms with Gasteiger partial charge in [0.05, 0.1) is 6.20 Å². The van der Waals surface area contributed by atoms with Gasteiger partial charge in [-0.15, -0.1) is 0 Å². The number of imidazole rings is 1. The normalized spacial score (nSPS) is 10.0. The van der Waals surface area contributed by atoms with Gasteiger partial charge in [-0.05, 0) is 0 Å². The van der Waals surface area contributed by atoms with Crippen molar-refractivity contribution < 1.29 is 5.11 Å². The molecule has 0 aliphatic heterocycles. The maximum absolute atomic E-state index is 8.83. The number of aromatic nitrogens is 2. The summed E-state index contributed by atoms with van der Waals surface area (Å²) in [5.74, 6) is 1.02.